The van der Waals surface area contributed by atoms with Crippen LogP contribution in [0.2, 0.25) is 0 Å². The Bertz CT molecular complexity index is 488. The van der Waals surface area contributed by atoms with Crippen LogP contribution >= 0.6 is 43.2 Å². The standard InChI is InChI=1S/C11H6Br2OS/c12-8-3-1-7(2-4-8)11(14)9-5-6-10(13)15-9/h1-6H. The summed E-state index contributed by atoms with van der Waals surface area (Å²) in [4.78, 5) is 12.7. The number of carbonyl (C=O) groups excluding carboxylic acids is 1. The molecule has 2 rings (SSSR count). The Morgan fingerprint density at radius 1 is 1.00 bits per heavy atom. The second-order valence-corrected chi connectivity index (χ2v) is 6.32. The number of hydrogen-bond acceptors (Lipinski definition) is 2. The minimum atomic E-state index is 0.0678. The monoisotopic (exact) mass is 344 g/mol. The Morgan fingerprint density at radius 3 is 2.20 bits per heavy atom. The Kier molecular flexibility index (Phi) is 3.38. The van der Waals surface area contributed by atoms with E-state index >= 15 is 0 Å². The average Bonchev–Trinajstić information content (AvgIpc) is 2.65. The summed E-state index contributed by atoms with van der Waals surface area (Å²) in [7, 11) is 0. The molecule has 0 unspecified atom stereocenters. The second kappa shape index (κ2) is 4.60. The van der Waals surface area contributed by atoms with Gasteiger partial charge in [0.1, 0.15) is 0 Å². The Labute approximate surface area is 108 Å². The molecule has 4 heteroatoms. The van der Waals surface area contributed by atoms with E-state index in [-0.39, 0.29) is 5.78 Å². The normalized spacial score (nSPS) is 10.3. The predicted octanol–water partition coefficient (Wildman–Crippen LogP) is 4.50. The smallest absolute Gasteiger partial charge is 0.202 e. The molecular weight excluding hydrogens is 340 g/mol. The van der Waals surface area contributed by atoms with Crippen LogP contribution in [0.15, 0.2) is 44.7 Å². The number of rotatable bonds is 2. The summed E-state index contributed by atoms with van der Waals surface area (Å²) in [6.07, 6.45) is 0. The fraction of sp³-hybridized carbons (Fsp3) is 0. The number of benzene rings is 1. The summed E-state index contributed by atoms with van der Waals surface area (Å²) >= 11 is 8.13. The van der Waals surface area contributed by atoms with E-state index in [0.717, 1.165) is 13.1 Å². The van der Waals surface area contributed by atoms with E-state index in [1.165, 1.54) is 11.3 Å². The lowest BCUT2D eigenvalue weighted by molar-refractivity contribution is 0.104. The molecule has 0 aliphatic rings. The quantitative estimate of drug-likeness (QED) is 0.732. The lowest BCUT2D eigenvalue weighted by atomic mass is 10.1. The van der Waals surface area contributed by atoms with Crippen molar-refractivity contribution in [3.8, 4) is 0 Å². The number of halogens is 2. The molecule has 2 aromatic rings. The van der Waals surface area contributed by atoms with Crippen LogP contribution < -0.4 is 0 Å². The van der Waals surface area contributed by atoms with Crippen molar-refractivity contribution >= 4 is 49.0 Å². The zero-order valence-corrected chi connectivity index (χ0v) is 11.5. The van der Waals surface area contributed by atoms with Gasteiger partial charge in [0.25, 0.3) is 0 Å². The lowest BCUT2D eigenvalue weighted by Gasteiger charge is -1.97. The van der Waals surface area contributed by atoms with Gasteiger partial charge in [-0.3, -0.25) is 4.79 Å². The Morgan fingerprint density at radius 2 is 1.67 bits per heavy atom. The predicted molar refractivity (Wildman–Crippen MR) is 69.6 cm³/mol. The molecule has 1 nitrogen and oxygen atoms in total. The molecule has 1 heterocycles. The highest BCUT2D eigenvalue weighted by molar-refractivity contribution is 9.11. The molecule has 0 fully saturated rings. The third kappa shape index (κ3) is 2.56. The van der Waals surface area contributed by atoms with Gasteiger partial charge in [0, 0.05) is 10.0 Å². The van der Waals surface area contributed by atoms with Crippen LogP contribution in [0, 0.1) is 0 Å². The zero-order chi connectivity index (χ0) is 10.8. The molecule has 0 saturated heterocycles. The van der Waals surface area contributed by atoms with Gasteiger partial charge in [0.05, 0.1) is 8.66 Å². The van der Waals surface area contributed by atoms with E-state index in [4.69, 9.17) is 0 Å². The van der Waals surface area contributed by atoms with Crippen molar-refractivity contribution in [2.75, 3.05) is 0 Å². The summed E-state index contributed by atoms with van der Waals surface area (Å²) in [6.45, 7) is 0. The molecule has 0 spiro atoms. The maximum absolute atomic E-state index is 11.9. The molecule has 1 aromatic heterocycles. The van der Waals surface area contributed by atoms with Gasteiger partial charge >= 0.3 is 0 Å². The summed E-state index contributed by atoms with van der Waals surface area (Å²) in [5.74, 6) is 0.0678. The number of hydrogen-bond donors (Lipinski definition) is 0. The van der Waals surface area contributed by atoms with Crippen molar-refractivity contribution in [3.05, 3.63) is 55.1 Å². The minimum Gasteiger partial charge on any atom is -0.288 e. The maximum Gasteiger partial charge on any atom is 0.202 e. The van der Waals surface area contributed by atoms with Crippen molar-refractivity contribution < 1.29 is 4.79 Å². The van der Waals surface area contributed by atoms with Crippen LogP contribution in [-0.4, -0.2) is 5.78 Å². The molecule has 0 N–H and O–H groups in total. The summed E-state index contributed by atoms with van der Waals surface area (Å²) in [6, 6.07) is 11.1. The zero-order valence-electron chi connectivity index (χ0n) is 7.54. The molecule has 0 amide bonds. The highest BCUT2D eigenvalue weighted by atomic mass is 79.9. The highest BCUT2D eigenvalue weighted by Crippen LogP contribution is 2.24. The van der Waals surface area contributed by atoms with E-state index in [2.05, 4.69) is 31.9 Å². The fourth-order valence-electron chi connectivity index (χ4n) is 1.18. The topological polar surface area (TPSA) is 17.1 Å². The SMILES string of the molecule is O=C(c1ccc(Br)cc1)c1ccc(Br)s1. The summed E-state index contributed by atoms with van der Waals surface area (Å²) in [5.41, 5.74) is 0.715. The van der Waals surface area contributed by atoms with E-state index in [1.807, 2.05) is 36.4 Å². The van der Waals surface area contributed by atoms with Crippen LogP contribution in [0.1, 0.15) is 15.2 Å². The van der Waals surface area contributed by atoms with E-state index in [0.29, 0.717) is 5.56 Å². The molecule has 0 saturated carbocycles. The van der Waals surface area contributed by atoms with Crippen LogP contribution in [0.25, 0.3) is 0 Å². The molecule has 15 heavy (non-hydrogen) atoms. The Balaban J connectivity index is 2.32. The first-order valence-electron chi connectivity index (χ1n) is 4.22. The van der Waals surface area contributed by atoms with E-state index in [1.54, 1.807) is 0 Å². The highest BCUT2D eigenvalue weighted by Gasteiger charge is 2.10. The first-order chi connectivity index (χ1) is 7.16. The number of carbonyl (C=O) groups is 1. The molecule has 0 aliphatic heterocycles. The summed E-state index contributed by atoms with van der Waals surface area (Å²) < 4.78 is 1.95. The van der Waals surface area contributed by atoms with Crippen LogP contribution in [-0.2, 0) is 0 Å². The first kappa shape index (κ1) is 11.0. The number of ketones is 1. The first-order valence-corrected chi connectivity index (χ1v) is 6.62. The molecule has 0 aliphatic carbocycles. The third-order valence-corrected chi connectivity index (χ3v) is 4.05. The van der Waals surface area contributed by atoms with Crippen molar-refractivity contribution in [3.63, 3.8) is 0 Å². The van der Waals surface area contributed by atoms with Crippen LogP contribution in [0.5, 0.6) is 0 Å². The largest absolute Gasteiger partial charge is 0.288 e. The molecule has 0 bridgehead atoms. The van der Waals surface area contributed by atoms with Gasteiger partial charge in [0.2, 0.25) is 5.78 Å². The van der Waals surface area contributed by atoms with Crippen molar-refractivity contribution in [2.45, 2.75) is 0 Å². The van der Waals surface area contributed by atoms with Crippen LogP contribution in [0.3, 0.4) is 0 Å². The van der Waals surface area contributed by atoms with Gasteiger partial charge < -0.3 is 0 Å². The molecule has 0 atom stereocenters. The van der Waals surface area contributed by atoms with Crippen molar-refractivity contribution in [1.29, 1.82) is 0 Å². The van der Waals surface area contributed by atoms with Crippen molar-refractivity contribution in [2.24, 2.45) is 0 Å². The molecular formula is C11H6Br2OS. The van der Waals surface area contributed by atoms with Crippen molar-refractivity contribution in [1.82, 2.24) is 0 Å². The average molecular weight is 346 g/mol. The molecule has 0 radical (unpaired) electrons. The van der Waals surface area contributed by atoms with Gasteiger partial charge in [0.15, 0.2) is 0 Å². The van der Waals surface area contributed by atoms with Gasteiger partial charge in [-0.05, 0) is 52.3 Å². The molecule has 1 aromatic carbocycles. The maximum atomic E-state index is 11.9. The fourth-order valence-corrected chi connectivity index (χ4v) is 2.79. The van der Waals surface area contributed by atoms with Gasteiger partial charge in [-0.25, -0.2) is 0 Å². The second-order valence-electron chi connectivity index (χ2n) is 2.94. The minimum absolute atomic E-state index is 0.0678. The van der Waals surface area contributed by atoms with Crippen LogP contribution in [0.4, 0.5) is 0 Å². The summed E-state index contributed by atoms with van der Waals surface area (Å²) in [5, 5.41) is 0. The number of thiophene rings is 1. The van der Waals surface area contributed by atoms with Gasteiger partial charge in [-0.1, -0.05) is 15.9 Å². The molecule has 76 valence electrons. The van der Waals surface area contributed by atoms with E-state index in [9.17, 15) is 4.79 Å². The van der Waals surface area contributed by atoms with E-state index < -0.39 is 0 Å². The lowest BCUT2D eigenvalue weighted by Crippen LogP contribution is -1.97. The third-order valence-electron chi connectivity index (χ3n) is 1.90. The van der Waals surface area contributed by atoms with Gasteiger partial charge in [-0.15, -0.1) is 11.3 Å². The Hall–Kier alpha value is -0.450. The van der Waals surface area contributed by atoms with Gasteiger partial charge in [-0.2, -0.15) is 0 Å².